The van der Waals surface area contributed by atoms with Gasteiger partial charge in [-0.1, -0.05) is 12.1 Å². The molecule has 2 aromatic heterocycles. The van der Waals surface area contributed by atoms with Crippen molar-refractivity contribution in [2.75, 3.05) is 0 Å². The maximum Gasteiger partial charge on any atom is 0.244 e. The van der Waals surface area contributed by atoms with Gasteiger partial charge in [0, 0.05) is 12.8 Å². The number of nitriles is 2. The molecule has 0 spiro atoms. The molecular weight excluding hydrogens is 420 g/mol. The Hall–Kier alpha value is -3.64. The fourth-order valence-electron chi connectivity index (χ4n) is 4.73. The summed E-state index contributed by atoms with van der Waals surface area (Å²) in [5, 5.41) is 17.8. The molecule has 0 amide bonds. The topological polar surface area (TPSA) is 65.2 Å². The van der Waals surface area contributed by atoms with Crippen molar-refractivity contribution in [3.05, 3.63) is 60.2 Å². The van der Waals surface area contributed by atoms with E-state index in [1.807, 2.05) is 0 Å². The van der Waals surface area contributed by atoms with E-state index in [0.717, 1.165) is 51.9 Å². The summed E-state index contributed by atoms with van der Waals surface area (Å²) in [7, 11) is 0. The van der Waals surface area contributed by atoms with E-state index >= 15 is 0 Å². The van der Waals surface area contributed by atoms with Crippen molar-refractivity contribution in [2.24, 2.45) is 0 Å². The van der Waals surface area contributed by atoms with E-state index in [2.05, 4.69) is 93.3 Å². The van der Waals surface area contributed by atoms with Gasteiger partial charge in [-0.05, 0) is 74.9 Å². The molecular formula is C28H34N6+2. The van der Waals surface area contributed by atoms with Gasteiger partial charge < -0.3 is 0 Å². The van der Waals surface area contributed by atoms with Crippen LogP contribution in [-0.2, 0) is 26.2 Å². The quantitative estimate of drug-likeness (QED) is 0.240. The largest absolute Gasteiger partial charge is 0.244 e. The van der Waals surface area contributed by atoms with Gasteiger partial charge in [0.15, 0.2) is 22.1 Å². The van der Waals surface area contributed by atoms with Crippen molar-refractivity contribution in [3.8, 4) is 12.1 Å². The fraction of sp³-hybridized carbons (Fsp3) is 0.429. The third-order valence-electron chi connectivity index (χ3n) is 6.48. The van der Waals surface area contributed by atoms with Crippen molar-refractivity contribution < 1.29 is 9.13 Å². The second kappa shape index (κ2) is 11.0. The molecule has 0 N–H and O–H groups in total. The van der Waals surface area contributed by atoms with Crippen LogP contribution in [0.3, 0.4) is 0 Å². The normalized spacial score (nSPS) is 11.2. The van der Waals surface area contributed by atoms with E-state index in [4.69, 9.17) is 10.5 Å². The first-order chi connectivity index (χ1) is 16.6. The highest BCUT2D eigenvalue weighted by atomic mass is 15.1. The first-order valence-electron chi connectivity index (χ1n) is 12.3. The van der Waals surface area contributed by atoms with Gasteiger partial charge in [0.2, 0.25) is 12.7 Å². The summed E-state index contributed by atoms with van der Waals surface area (Å²) in [6.07, 6.45) is 9.56. The first kappa shape index (κ1) is 23.5. The molecule has 2 aromatic carbocycles. The van der Waals surface area contributed by atoms with Gasteiger partial charge in [0.05, 0.1) is 38.3 Å². The second-order valence-corrected chi connectivity index (χ2v) is 9.22. The summed E-state index contributed by atoms with van der Waals surface area (Å²) in [6, 6.07) is 17.8. The molecule has 0 radical (unpaired) electrons. The van der Waals surface area contributed by atoms with Crippen LogP contribution < -0.4 is 9.13 Å². The maximum absolute atomic E-state index is 8.90. The van der Waals surface area contributed by atoms with Crippen LogP contribution in [0.5, 0.6) is 0 Å². The van der Waals surface area contributed by atoms with Crippen LogP contribution >= 0.6 is 0 Å². The van der Waals surface area contributed by atoms with Gasteiger partial charge in [-0.3, -0.25) is 0 Å². The number of imidazole rings is 2. The zero-order valence-corrected chi connectivity index (χ0v) is 20.4. The molecule has 4 aromatic rings. The molecule has 6 heteroatoms. The van der Waals surface area contributed by atoms with Crippen LogP contribution in [0.2, 0.25) is 0 Å². The Morgan fingerprint density at radius 1 is 0.676 bits per heavy atom. The van der Waals surface area contributed by atoms with Crippen LogP contribution in [0.25, 0.3) is 22.1 Å². The Morgan fingerprint density at radius 2 is 1.12 bits per heavy atom. The number of aromatic nitrogens is 4. The van der Waals surface area contributed by atoms with Crippen LogP contribution in [0.4, 0.5) is 0 Å². The van der Waals surface area contributed by atoms with Crippen molar-refractivity contribution in [1.29, 1.82) is 10.5 Å². The Morgan fingerprint density at radius 3 is 1.53 bits per heavy atom. The summed E-state index contributed by atoms with van der Waals surface area (Å²) >= 11 is 0. The average Bonchev–Trinajstić information content (AvgIpc) is 3.34. The minimum Gasteiger partial charge on any atom is -0.230 e. The minimum atomic E-state index is 0.590. The van der Waals surface area contributed by atoms with E-state index in [0.29, 0.717) is 12.8 Å². The SMILES string of the molecule is Cc1ccc2c(c1)n(CCCC#N)c[n+]2CCCC[n+]1cn(CCCC#N)c2cc(C)ccc21. The molecule has 4 rings (SSSR count). The van der Waals surface area contributed by atoms with E-state index < -0.39 is 0 Å². The molecule has 0 aliphatic carbocycles. The molecule has 0 saturated heterocycles. The second-order valence-electron chi connectivity index (χ2n) is 9.22. The summed E-state index contributed by atoms with van der Waals surface area (Å²) < 4.78 is 9.32. The Kier molecular flexibility index (Phi) is 7.60. The number of benzene rings is 2. The molecule has 0 atom stereocenters. The van der Waals surface area contributed by atoms with Gasteiger partial charge in [0.1, 0.15) is 0 Å². The zero-order valence-electron chi connectivity index (χ0n) is 20.4. The molecule has 174 valence electrons. The number of fused-ring (bicyclic) bond motifs is 2. The summed E-state index contributed by atoms with van der Waals surface area (Å²) in [4.78, 5) is 0. The third-order valence-corrected chi connectivity index (χ3v) is 6.48. The van der Waals surface area contributed by atoms with Gasteiger partial charge >= 0.3 is 0 Å². The molecule has 0 saturated carbocycles. The lowest BCUT2D eigenvalue weighted by Crippen LogP contribution is -2.35. The molecule has 0 fully saturated rings. The fourth-order valence-corrected chi connectivity index (χ4v) is 4.73. The number of nitrogens with zero attached hydrogens (tertiary/aromatic N) is 6. The van der Waals surface area contributed by atoms with Gasteiger partial charge in [-0.15, -0.1) is 0 Å². The Bertz CT molecular complexity index is 1260. The van der Waals surface area contributed by atoms with Gasteiger partial charge in [-0.2, -0.15) is 10.5 Å². The first-order valence-corrected chi connectivity index (χ1v) is 12.3. The minimum absolute atomic E-state index is 0.590. The van der Waals surface area contributed by atoms with E-state index in [1.165, 1.54) is 33.2 Å². The van der Waals surface area contributed by atoms with E-state index in [-0.39, 0.29) is 0 Å². The number of rotatable bonds is 11. The average molecular weight is 455 g/mol. The van der Waals surface area contributed by atoms with Crippen LogP contribution in [0, 0.1) is 36.5 Å². The monoisotopic (exact) mass is 454 g/mol. The zero-order chi connectivity index (χ0) is 23.9. The van der Waals surface area contributed by atoms with Crippen LogP contribution in [0.15, 0.2) is 49.1 Å². The maximum atomic E-state index is 8.90. The van der Waals surface area contributed by atoms with Gasteiger partial charge in [-0.25, -0.2) is 18.3 Å². The highest BCUT2D eigenvalue weighted by Crippen LogP contribution is 2.16. The molecule has 6 nitrogen and oxygen atoms in total. The van der Waals surface area contributed by atoms with Crippen molar-refractivity contribution in [2.45, 2.75) is 78.6 Å². The molecule has 0 aliphatic rings. The van der Waals surface area contributed by atoms with Crippen molar-refractivity contribution >= 4 is 22.1 Å². The van der Waals surface area contributed by atoms with E-state index in [1.54, 1.807) is 0 Å². The van der Waals surface area contributed by atoms with Crippen LogP contribution in [-0.4, -0.2) is 9.13 Å². The highest BCUT2D eigenvalue weighted by Gasteiger charge is 2.17. The molecule has 2 heterocycles. The summed E-state index contributed by atoms with van der Waals surface area (Å²) in [5.74, 6) is 0. The van der Waals surface area contributed by atoms with E-state index in [9.17, 15) is 0 Å². The Labute approximate surface area is 201 Å². The Balaban J connectivity index is 1.44. The third kappa shape index (κ3) is 5.29. The summed E-state index contributed by atoms with van der Waals surface area (Å²) in [5.41, 5.74) is 7.56. The number of hydrogen-bond acceptors (Lipinski definition) is 2. The standard InChI is InChI=1S/C28H34N6/c1-23-9-11-25-27(19-23)33(15-5-3-13-29)21-31(25)17-7-8-18-32-22-34(16-6-4-14-30)28-20-24(2)10-12-26(28)32/h9-12,19-22H,3-8,15-18H2,1-2H3/q+2. The molecule has 0 bridgehead atoms. The predicted molar refractivity (Wildman–Crippen MR) is 133 cm³/mol. The highest BCUT2D eigenvalue weighted by molar-refractivity contribution is 5.73. The lowest BCUT2D eigenvalue weighted by Gasteiger charge is -2.00. The number of hydrogen-bond donors (Lipinski definition) is 0. The molecule has 0 aliphatic heterocycles. The predicted octanol–water partition coefficient (Wildman–Crippen LogP) is 4.88. The lowest BCUT2D eigenvalue weighted by atomic mass is 10.2. The van der Waals surface area contributed by atoms with Crippen molar-refractivity contribution in [1.82, 2.24) is 9.13 Å². The molecule has 34 heavy (non-hydrogen) atoms. The number of unbranched alkanes of at least 4 members (excludes halogenated alkanes) is 3. The summed E-state index contributed by atoms with van der Waals surface area (Å²) in [6.45, 7) is 7.97. The smallest absolute Gasteiger partial charge is 0.230 e. The van der Waals surface area contributed by atoms with Crippen LogP contribution in [0.1, 0.15) is 49.7 Å². The lowest BCUT2D eigenvalue weighted by molar-refractivity contribution is -0.684. The van der Waals surface area contributed by atoms with Gasteiger partial charge in [0.25, 0.3) is 0 Å². The van der Waals surface area contributed by atoms with Crippen molar-refractivity contribution in [3.63, 3.8) is 0 Å². The molecule has 0 unspecified atom stereocenters. The number of aryl methyl sites for hydroxylation is 6.